The van der Waals surface area contributed by atoms with Crippen LogP contribution in [0, 0.1) is 0 Å². The molecular formula is C22H21N5O2. The Bertz CT molecular complexity index is 1060. The predicted octanol–water partition coefficient (Wildman–Crippen LogP) is 3.77. The molecule has 0 bridgehead atoms. The van der Waals surface area contributed by atoms with Crippen molar-refractivity contribution in [2.75, 3.05) is 15.5 Å². The van der Waals surface area contributed by atoms with Gasteiger partial charge in [0, 0.05) is 30.0 Å². The highest BCUT2D eigenvalue weighted by Gasteiger charge is 2.28. The number of hydrogen-bond acceptors (Lipinski definition) is 5. The van der Waals surface area contributed by atoms with E-state index in [-0.39, 0.29) is 23.6 Å². The summed E-state index contributed by atoms with van der Waals surface area (Å²) in [5, 5.41) is 5.46. The number of benzene rings is 2. The van der Waals surface area contributed by atoms with E-state index in [9.17, 15) is 9.59 Å². The maximum atomic E-state index is 12.5. The molecule has 0 saturated heterocycles. The van der Waals surface area contributed by atoms with Gasteiger partial charge >= 0.3 is 0 Å². The summed E-state index contributed by atoms with van der Waals surface area (Å²) in [4.78, 5) is 34.6. The Kier molecular flexibility index (Phi) is 4.95. The Hall–Kier alpha value is -3.74. The first-order valence-corrected chi connectivity index (χ1v) is 9.39. The van der Waals surface area contributed by atoms with Crippen molar-refractivity contribution in [2.24, 2.45) is 0 Å². The minimum atomic E-state index is -0.362. The van der Waals surface area contributed by atoms with Crippen molar-refractivity contribution >= 4 is 34.7 Å². The fourth-order valence-electron chi connectivity index (χ4n) is 3.55. The molecule has 0 radical (unpaired) electrons. The van der Waals surface area contributed by atoms with E-state index in [0.717, 1.165) is 12.1 Å². The molecule has 0 saturated carbocycles. The van der Waals surface area contributed by atoms with Crippen LogP contribution in [0.2, 0.25) is 0 Å². The van der Waals surface area contributed by atoms with Crippen LogP contribution in [0.3, 0.4) is 0 Å². The van der Waals surface area contributed by atoms with Gasteiger partial charge in [-0.25, -0.2) is 9.97 Å². The topological polar surface area (TPSA) is 87.2 Å². The van der Waals surface area contributed by atoms with Gasteiger partial charge in [0.05, 0.1) is 12.4 Å². The number of anilines is 4. The zero-order valence-electron chi connectivity index (χ0n) is 16.2. The van der Waals surface area contributed by atoms with E-state index in [0.29, 0.717) is 17.2 Å². The highest BCUT2D eigenvalue weighted by Crippen LogP contribution is 2.36. The standard InChI is InChI=1S/C22H21N5O2/c1-14-10-16-6-3-4-9-20(16)27(14)21-13-23-19(12-24-21)22(29)26-18-8-5-7-17(11-18)25-15(2)28/h3-9,11-14H,10H2,1-2H3,(H,25,28)(H,26,29). The smallest absolute Gasteiger partial charge is 0.275 e. The Labute approximate surface area is 168 Å². The number of para-hydroxylation sites is 1. The van der Waals surface area contributed by atoms with Crippen molar-refractivity contribution in [2.45, 2.75) is 26.3 Å². The number of nitrogens with zero attached hydrogens (tertiary/aromatic N) is 3. The molecule has 4 rings (SSSR count). The van der Waals surface area contributed by atoms with Crippen molar-refractivity contribution in [3.8, 4) is 0 Å². The van der Waals surface area contributed by atoms with Crippen molar-refractivity contribution < 1.29 is 9.59 Å². The second-order valence-electron chi connectivity index (χ2n) is 7.03. The molecule has 0 aliphatic carbocycles. The fraction of sp³-hybridized carbons (Fsp3) is 0.182. The molecule has 1 aliphatic rings. The Morgan fingerprint density at radius 2 is 1.76 bits per heavy atom. The molecule has 1 aliphatic heterocycles. The predicted molar refractivity (Wildman–Crippen MR) is 112 cm³/mol. The normalized spacial score (nSPS) is 15.0. The van der Waals surface area contributed by atoms with Gasteiger partial charge in [-0.15, -0.1) is 0 Å². The maximum Gasteiger partial charge on any atom is 0.275 e. The number of fused-ring (bicyclic) bond motifs is 1. The third kappa shape index (κ3) is 3.94. The quantitative estimate of drug-likeness (QED) is 0.712. The van der Waals surface area contributed by atoms with Crippen molar-refractivity contribution in [1.82, 2.24) is 9.97 Å². The van der Waals surface area contributed by atoms with Crippen molar-refractivity contribution in [3.05, 3.63) is 72.2 Å². The summed E-state index contributed by atoms with van der Waals surface area (Å²) >= 11 is 0. The molecule has 2 heterocycles. The van der Waals surface area contributed by atoms with E-state index in [2.05, 4.69) is 44.6 Å². The van der Waals surface area contributed by atoms with Crippen LogP contribution < -0.4 is 15.5 Å². The fourth-order valence-corrected chi connectivity index (χ4v) is 3.55. The van der Waals surface area contributed by atoms with Crippen molar-refractivity contribution in [1.29, 1.82) is 0 Å². The molecule has 3 aromatic rings. The zero-order valence-corrected chi connectivity index (χ0v) is 16.2. The van der Waals surface area contributed by atoms with E-state index >= 15 is 0 Å². The van der Waals surface area contributed by atoms with Crippen LogP contribution in [0.4, 0.5) is 22.9 Å². The summed E-state index contributed by atoms with van der Waals surface area (Å²) in [7, 11) is 0. The lowest BCUT2D eigenvalue weighted by Gasteiger charge is -2.23. The first kappa shape index (κ1) is 18.6. The van der Waals surface area contributed by atoms with Gasteiger partial charge in [-0.05, 0) is 43.2 Å². The highest BCUT2D eigenvalue weighted by molar-refractivity contribution is 6.03. The molecule has 0 spiro atoms. The summed E-state index contributed by atoms with van der Waals surface area (Å²) in [6, 6.07) is 15.4. The van der Waals surface area contributed by atoms with Gasteiger partial charge in [0.15, 0.2) is 5.82 Å². The largest absolute Gasteiger partial charge is 0.326 e. The highest BCUT2D eigenvalue weighted by atomic mass is 16.2. The lowest BCUT2D eigenvalue weighted by molar-refractivity contribution is -0.114. The molecule has 29 heavy (non-hydrogen) atoms. The lowest BCUT2D eigenvalue weighted by Crippen LogP contribution is -2.25. The SMILES string of the molecule is CC(=O)Nc1cccc(NC(=O)c2cnc(N3c4ccccc4CC3C)cn2)c1. The number of nitrogens with one attached hydrogen (secondary N) is 2. The third-order valence-corrected chi connectivity index (χ3v) is 4.77. The molecule has 2 aromatic carbocycles. The van der Waals surface area contributed by atoms with Crippen LogP contribution in [0.1, 0.15) is 29.9 Å². The third-order valence-electron chi connectivity index (χ3n) is 4.77. The first-order chi connectivity index (χ1) is 14.0. The molecule has 1 aromatic heterocycles. The van der Waals surface area contributed by atoms with Gasteiger partial charge in [0.1, 0.15) is 5.69 Å². The molecule has 2 amide bonds. The molecular weight excluding hydrogens is 366 g/mol. The number of rotatable bonds is 4. The minimum absolute atomic E-state index is 0.173. The van der Waals surface area contributed by atoms with Crippen LogP contribution in [-0.2, 0) is 11.2 Å². The van der Waals surface area contributed by atoms with Crippen LogP contribution in [0.5, 0.6) is 0 Å². The number of hydrogen-bond donors (Lipinski definition) is 2. The molecule has 2 N–H and O–H groups in total. The zero-order chi connectivity index (χ0) is 20.4. The summed E-state index contributed by atoms with van der Waals surface area (Å²) in [6.07, 6.45) is 4.06. The van der Waals surface area contributed by atoms with E-state index < -0.39 is 0 Å². The second-order valence-corrected chi connectivity index (χ2v) is 7.03. The minimum Gasteiger partial charge on any atom is -0.326 e. The summed E-state index contributed by atoms with van der Waals surface area (Å²) in [5.74, 6) is 0.179. The van der Waals surface area contributed by atoms with E-state index in [1.807, 2.05) is 12.1 Å². The first-order valence-electron chi connectivity index (χ1n) is 9.39. The summed E-state index contributed by atoms with van der Waals surface area (Å²) < 4.78 is 0. The maximum absolute atomic E-state index is 12.5. The second kappa shape index (κ2) is 7.71. The van der Waals surface area contributed by atoms with Crippen LogP contribution >= 0.6 is 0 Å². The van der Waals surface area contributed by atoms with Crippen LogP contribution in [-0.4, -0.2) is 27.8 Å². The number of carbonyl (C=O) groups is 2. The molecule has 0 fully saturated rings. The molecule has 7 heteroatoms. The number of aromatic nitrogens is 2. The monoisotopic (exact) mass is 387 g/mol. The van der Waals surface area contributed by atoms with E-state index in [1.54, 1.807) is 30.5 Å². The average Bonchev–Trinajstić information content (AvgIpc) is 3.03. The average molecular weight is 387 g/mol. The Morgan fingerprint density at radius 1 is 1.00 bits per heavy atom. The van der Waals surface area contributed by atoms with Crippen LogP contribution in [0.15, 0.2) is 60.9 Å². The molecule has 146 valence electrons. The summed E-state index contributed by atoms with van der Waals surface area (Å²) in [5.41, 5.74) is 3.80. The number of carbonyl (C=O) groups excluding carboxylic acids is 2. The van der Waals surface area contributed by atoms with Gasteiger partial charge in [-0.3, -0.25) is 9.59 Å². The van der Waals surface area contributed by atoms with Crippen LogP contribution in [0.25, 0.3) is 0 Å². The van der Waals surface area contributed by atoms with E-state index in [4.69, 9.17) is 0 Å². The van der Waals surface area contributed by atoms with Gasteiger partial charge < -0.3 is 15.5 Å². The van der Waals surface area contributed by atoms with Gasteiger partial charge in [0.2, 0.25) is 5.91 Å². The van der Waals surface area contributed by atoms with Gasteiger partial charge in [0.25, 0.3) is 5.91 Å². The number of amides is 2. The molecule has 7 nitrogen and oxygen atoms in total. The van der Waals surface area contributed by atoms with Gasteiger partial charge in [-0.1, -0.05) is 24.3 Å². The Balaban J connectivity index is 1.50. The molecule has 1 atom stereocenters. The Morgan fingerprint density at radius 3 is 2.48 bits per heavy atom. The lowest BCUT2D eigenvalue weighted by atomic mass is 10.1. The molecule has 1 unspecified atom stereocenters. The van der Waals surface area contributed by atoms with Crippen molar-refractivity contribution in [3.63, 3.8) is 0 Å². The van der Waals surface area contributed by atoms with E-state index in [1.165, 1.54) is 18.7 Å². The van der Waals surface area contributed by atoms with Gasteiger partial charge in [-0.2, -0.15) is 0 Å². The summed E-state index contributed by atoms with van der Waals surface area (Å²) in [6.45, 7) is 3.58.